The van der Waals surface area contributed by atoms with Crippen LogP contribution in [0.25, 0.3) is 55.1 Å². The van der Waals surface area contributed by atoms with Crippen LogP contribution >= 0.6 is 0 Å². The zero-order valence-electron chi connectivity index (χ0n) is 25.0. The van der Waals surface area contributed by atoms with Crippen molar-refractivity contribution in [3.8, 4) is 28.4 Å². The van der Waals surface area contributed by atoms with Gasteiger partial charge in [0.1, 0.15) is 11.9 Å². The van der Waals surface area contributed by atoms with Crippen LogP contribution in [0.3, 0.4) is 0 Å². The summed E-state index contributed by atoms with van der Waals surface area (Å²) in [6, 6.07) is 42.8. The van der Waals surface area contributed by atoms with Gasteiger partial charge in [-0.15, -0.1) is 0 Å². The minimum atomic E-state index is 0.0118. The monoisotopic (exact) mass is 558 g/mol. The first kappa shape index (κ1) is 26.9. The fourth-order valence-electron chi connectivity index (χ4n) is 6.68. The second-order valence-electron chi connectivity index (χ2n) is 10.5. The molecule has 2 unspecified atom stereocenters. The van der Waals surface area contributed by atoms with E-state index in [9.17, 15) is 0 Å². The molecular formula is C40H34N2O. The second kappa shape index (κ2) is 11.0. The highest BCUT2D eigenvalue weighted by Crippen LogP contribution is 2.57. The van der Waals surface area contributed by atoms with Gasteiger partial charge in [0, 0.05) is 33.0 Å². The molecule has 0 saturated heterocycles. The van der Waals surface area contributed by atoms with E-state index >= 15 is 0 Å². The molecule has 2 aliphatic rings. The largest absolute Gasteiger partial charge is 0.484 e. The Morgan fingerprint density at radius 3 is 2.07 bits per heavy atom. The Hall–Kier alpha value is -5.02. The molecule has 0 amide bonds. The SMILES string of the molecule is CC.CC.c1ccc(-c2nc(-c3ccc4c(c3)C3c5cccc6cccc(c56)C3O4)nc3c2ccc2ccccc23)cc1. The molecule has 7 aromatic rings. The summed E-state index contributed by atoms with van der Waals surface area (Å²) in [6.45, 7) is 8.00. The van der Waals surface area contributed by atoms with Crippen LogP contribution in [-0.4, -0.2) is 9.97 Å². The van der Waals surface area contributed by atoms with Gasteiger partial charge in [0.05, 0.1) is 17.1 Å². The first-order chi connectivity index (χ1) is 21.3. The molecule has 3 heteroatoms. The van der Waals surface area contributed by atoms with Crippen LogP contribution < -0.4 is 4.74 Å². The van der Waals surface area contributed by atoms with E-state index in [-0.39, 0.29) is 12.0 Å². The summed E-state index contributed by atoms with van der Waals surface area (Å²) in [5.74, 6) is 1.86. The minimum absolute atomic E-state index is 0.0118. The predicted octanol–water partition coefficient (Wildman–Crippen LogP) is 10.9. The Morgan fingerprint density at radius 2 is 1.26 bits per heavy atom. The normalized spacial score (nSPS) is 15.6. The van der Waals surface area contributed by atoms with Crippen molar-refractivity contribution < 1.29 is 4.74 Å². The minimum Gasteiger partial charge on any atom is -0.484 e. The third-order valence-electron chi connectivity index (χ3n) is 8.41. The maximum absolute atomic E-state index is 6.57. The van der Waals surface area contributed by atoms with Crippen LogP contribution in [0.1, 0.15) is 56.4 Å². The number of fused-ring (bicyclic) bond motifs is 8. The predicted molar refractivity (Wildman–Crippen MR) is 180 cm³/mol. The zero-order chi connectivity index (χ0) is 29.5. The molecule has 43 heavy (non-hydrogen) atoms. The fourth-order valence-corrected chi connectivity index (χ4v) is 6.68. The van der Waals surface area contributed by atoms with Crippen molar-refractivity contribution in [2.24, 2.45) is 0 Å². The smallest absolute Gasteiger partial charge is 0.160 e. The Morgan fingerprint density at radius 1 is 0.535 bits per heavy atom. The van der Waals surface area contributed by atoms with Crippen LogP contribution in [0.5, 0.6) is 5.75 Å². The summed E-state index contributed by atoms with van der Waals surface area (Å²) < 4.78 is 6.57. The number of hydrogen-bond donors (Lipinski definition) is 0. The topological polar surface area (TPSA) is 35.0 Å². The molecule has 6 aromatic carbocycles. The van der Waals surface area contributed by atoms with Crippen molar-refractivity contribution in [2.45, 2.75) is 39.7 Å². The molecule has 1 aliphatic heterocycles. The Bertz CT molecular complexity index is 2110. The molecule has 9 rings (SSSR count). The third kappa shape index (κ3) is 4.19. The summed E-state index contributed by atoms with van der Waals surface area (Å²) >= 11 is 0. The van der Waals surface area contributed by atoms with E-state index in [4.69, 9.17) is 14.7 Å². The highest BCUT2D eigenvalue weighted by Gasteiger charge is 2.43. The van der Waals surface area contributed by atoms with Crippen molar-refractivity contribution in [2.75, 3.05) is 0 Å². The van der Waals surface area contributed by atoms with Crippen LogP contribution in [0.4, 0.5) is 0 Å². The number of rotatable bonds is 2. The summed E-state index contributed by atoms with van der Waals surface area (Å²) in [5, 5.41) is 5.99. The van der Waals surface area contributed by atoms with E-state index in [1.54, 1.807) is 0 Å². The molecule has 0 radical (unpaired) electrons. The molecule has 2 atom stereocenters. The van der Waals surface area contributed by atoms with E-state index in [0.717, 1.165) is 44.7 Å². The van der Waals surface area contributed by atoms with Gasteiger partial charge < -0.3 is 4.74 Å². The Labute approximate surface area is 252 Å². The molecule has 1 aliphatic carbocycles. The number of hydrogen-bond acceptors (Lipinski definition) is 3. The van der Waals surface area contributed by atoms with Gasteiger partial charge in [-0.25, -0.2) is 9.97 Å². The van der Waals surface area contributed by atoms with Crippen molar-refractivity contribution in [1.29, 1.82) is 0 Å². The fraction of sp³-hybridized carbons (Fsp3) is 0.150. The number of aromatic nitrogens is 2. The third-order valence-corrected chi connectivity index (χ3v) is 8.41. The summed E-state index contributed by atoms with van der Waals surface area (Å²) in [6.07, 6.45) is 0.0118. The quantitative estimate of drug-likeness (QED) is 0.198. The Balaban J connectivity index is 0.000000723. The summed E-state index contributed by atoms with van der Waals surface area (Å²) in [4.78, 5) is 10.4. The molecule has 0 N–H and O–H groups in total. The van der Waals surface area contributed by atoms with Gasteiger partial charge in [-0.3, -0.25) is 0 Å². The highest BCUT2D eigenvalue weighted by molar-refractivity contribution is 6.09. The Kier molecular flexibility index (Phi) is 6.87. The van der Waals surface area contributed by atoms with Crippen LogP contribution in [0, 0.1) is 0 Å². The first-order valence-electron chi connectivity index (χ1n) is 15.4. The van der Waals surface area contributed by atoms with Crippen LogP contribution in [0.2, 0.25) is 0 Å². The maximum Gasteiger partial charge on any atom is 0.160 e. The van der Waals surface area contributed by atoms with Crippen molar-refractivity contribution in [1.82, 2.24) is 9.97 Å². The average Bonchev–Trinajstić information content (AvgIpc) is 3.62. The van der Waals surface area contributed by atoms with E-state index in [2.05, 4.69) is 115 Å². The first-order valence-corrected chi connectivity index (χ1v) is 15.4. The molecule has 210 valence electrons. The molecule has 2 heterocycles. The van der Waals surface area contributed by atoms with Gasteiger partial charge in [-0.2, -0.15) is 0 Å². The number of nitrogens with zero attached hydrogens (tertiary/aromatic N) is 2. The van der Waals surface area contributed by atoms with Crippen LogP contribution in [-0.2, 0) is 0 Å². The zero-order valence-corrected chi connectivity index (χ0v) is 25.0. The molecule has 1 aromatic heterocycles. The highest BCUT2D eigenvalue weighted by atomic mass is 16.5. The number of ether oxygens (including phenoxy) is 1. The lowest BCUT2D eigenvalue weighted by Crippen LogP contribution is -2.04. The average molecular weight is 559 g/mol. The van der Waals surface area contributed by atoms with Gasteiger partial charge in [0.25, 0.3) is 0 Å². The van der Waals surface area contributed by atoms with Gasteiger partial charge in [0.15, 0.2) is 5.82 Å². The lowest BCUT2D eigenvalue weighted by Gasteiger charge is -2.13. The molecule has 3 nitrogen and oxygen atoms in total. The van der Waals surface area contributed by atoms with Crippen LogP contribution in [0.15, 0.2) is 121 Å². The van der Waals surface area contributed by atoms with E-state index in [1.807, 2.05) is 33.8 Å². The molecule has 0 bridgehead atoms. The standard InChI is InChI=1S/C36H22N2O.2C2H6/c1-2-9-23(10-3-1)33-28-18-16-21-8-4-5-13-25(21)34(28)38-36(37-33)24-17-19-30-29(20-24)32-26-14-6-11-22-12-7-15-27(31(22)26)35(32)39-30;2*1-2/h1-20,32,35H;2*1-2H3. The number of benzene rings is 6. The second-order valence-corrected chi connectivity index (χ2v) is 10.5. The molecular weight excluding hydrogens is 524 g/mol. The molecule has 0 saturated carbocycles. The van der Waals surface area contributed by atoms with Crippen molar-refractivity contribution in [3.63, 3.8) is 0 Å². The molecule has 0 fully saturated rings. The van der Waals surface area contributed by atoms with Gasteiger partial charge in [-0.05, 0) is 46.0 Å². The lowest BCUT2D eigenvalue weighted by molar-refractivity contribution is 0.230. The van der Waals surface area contributed by atoms with E-state index < -0.39 is 0 Å². The summed E-state index contributed by atoms with van der Waals surface area (Å²) in [7, 11) is 0. The van der Waals surface area contributed by atoms with Crippen molar-refractivity contribution in [3.05, 3.63) is 138 Å². The van der Waals surface area contributed by atoms with Gasteiger partial charge in [-0.1, -0.05) is 125 Å². The maximum atomic E-state index is 6.57. The van der Waals surface area contributed by atoms with E-state index in [0.29, 0.717) is 0 Å². The van der Waals surface area contributed by atoms with Gasteiger partial charge in [0.2, 0.25) is 0 Å². The lowest BCUT2D eigenvalue weighted by atomic mass is 9.90. The van der Waals surface area contributed by atoms with Crippen molar-refractivity contribution >= 4 is 32.4 Å². The summed E-state index contributed by atoms with van der Waals surface area (Å²) in [5.41, 5.74) is 7.87. The van der Waals surface area contributed by atoms with E-state index in [1.165, 1.54) is 32.8 Å². The molecule has 0 spiro atoms. The van der Waals surface area contributed by atoms with Gasteiger partial charge >= 0.3 is 0 Å².